The number of nitrogen functional groups attached to an aromatic ring is 1. The number of nitrogens with two attached hydrogens (primary N) is 1. The molecule has 6 heteroatoms. The molecule has 0 saturated heterocycles. The van der Waals surface area contributed by atoms with Crippen molar-refractivity contribution in [2.45, 2.75) is 6.54 Å². The summed E-state index contributed by atoms with van der Waals surface area (Å²) < 4.78 is 0. The second-order valence-corrected chi connectivity index (χ2v) is 6.09. The predicted octanol–water partition coefficient (Wildman–Crippen LogP) is 3.85. The van der Waals surface area contributed by atoms with Crippen LogP contribution in [0.5, 0.6) is 0 Å². The zero-order valence-corrected chi connectivity index (χ0v) is 13.8. The zero-order chi connectivity index (χ0) is 17.4. The fourth-order valence-electron chi connectivity index (χ4n) is 2.86. The maximum absolute atomic E-state index is 9.15. The molecule has 120 valence electrons. The van der Waals surface area contributed by atoms with Gasteiger partial charge < -0.3 is 5.73 Å². The van der Waals surface area contributed by atoms with Gasteiger partial charge in [0.2, 0.25) is 0 Å². The van der Waals surface area contributed by atoms with E-state index in [2.05, 4.69) is 21.0 Å². The number of hydrogen-bond acceptors (Lipinski definition) is 5. The van der Waals surface area contributed by atoms with Crippen LogP contribution < -0.4 is 5.73 Å². The van der Waals surface area contributed by atoms with E-state index >= 15 is 0 Å². The summed E-state index contributed by atoms with van der Waals surface area (Å²) in [6, 6.07) is 13.2. The summed E-state index contributed by atoms with van der Waals surface area (Å²) in [5.41, 5.74) is 11.3. The monoisotopic (exact) mass is 345 g/mol. The molecule has 2 heterocycles. The summed E-state index contributed by atoms with van der Waals surface area (Å²) in [6.07, 6.45) is 3.33. The molecule has 4 rings (SSSR count). The minimum absolute atomic E-state index is 0.315. The Morgan fingerprint density at radius 1 is 1.12 bits per heavy atom. The number of halogens is 1. The van der Waals surface area contributed by atoms with E-state index < -0.39 is 0 Å². The van der Waals surface area contributed by atoms with Crippen molar-refractivity contribution >= 4 is 23.6 Å². The van der Waals surface area contributed by atoms with Crippen LogP contribution in [0.3, 0.4) is 0 Å². The highest BCUT2D eigenvalue weighted by molar-refractivity contribution is 6.32. The Bertz CT molecular complexity index is 1070. The van der Waals surface area contributed by atoms with Gasteiger partial charge in [0.05, 0.1) is 35.8 Å². The van der Waals surface area contributed by atoms with Crippen molar-refractivity contribution < 1.29 is 0 Å². The SMILES string of the molecule is N#Cc1cccc(-c2nc(N)cnc2-c2cc(Cl)c3c(c2)C=NC3)c1. The first-order valence-corrected chi connectivity index (χ1v) is 7.99. The normalized spacial score (nSPS) is 12.0. The lowest BCUT2D eigenvalue weighted by atomic mass is 9.99. The smallest absolute Gasteiger partial charge is 0.142 e. The highest BCUT2D eigenvalue weighted by atomic mass is 35.5. The summed E-state index contributed by atoms with van der Waals surface area (Å²) in [5, 5.41) is 9.80. The molecule has 0 bridgehead atoms. The van der Waals surface area contributed by atoms with Crippen molar-refractivity contribution in [3.63, 3.8) is 0 Å². The van der Waals surface area contributed by atoms with E-state index in [1.165, 1.54) is 6.20 Å². The van der Waals surface area contributed by atoms with Crippen molar-refractivity contribution in [2.24, 2.45) is 4.99 Å². The number of aromatic nitrogens is 2. The van der Waals surface area contributed by atoms with Crippen LogP contribution in [0.15, 0.2) is 47.6 Å². The number of aliphatic imine (C=N–C) groups is 1. The molecule has 0 fully saturated rings. The summed E-state index contributed by atoms with van der Waals surface area (Å²) in [6.45, 7) is 0.596. The third kappa shape index (κ3) is 2.73. The molecule has 0 saturated carbocycles. The topological polar surface area (TPSA) is 88.0 Å². The number of fused-ring (bicyclic) bond motifs is 1. The number of anilines is 1. The molecular formula is C19H12ClN5. The van der Waals surface area contributed by atoms with E-state index in [-0.39, 0.29) is 0 Å². The first-order chi connectivity index (χ1) is 12.2. The van der Waals surface area contributed by atoms with Crippen LogP contribution >= 0.6 is 11.6 Å². The average Bonchev–Trinajstić information content (AvgIpc) is 3.11. The maximum atomic E-state index is 9.15. The van der Waals surface area contributed by atoms with Gasteiger partial charge in [0.25, 0.3) is 0 Å². The van der Waals surface area contributed by atoms with Gasteiger partial charge in [0, 0.05) is 27.9 Å². The van der Waals surface area contributed by atoms with Gasteiger partial charge in [-0.2, -0.15) is 5.26 Å². The summed E-state index contributed by atoms with van der Waals surface area (Å²) >= 11 is 6.41. The Kier molecular flexibility index (Phi) is 3.68. The molecule has 5 nitrogen and oxygen atoms in total. The first-order valence-electron chi connectivity index (χ1n) is 7.61. The molecule has 25 heavy (non-hydrogen) atoms. The molecule has 0 unspecified atom stereocenters. The Morgan fingerprint density at radius 2 is 2.00 bits per heavy atom. The average molecular weight is 346 g/mol. The van der Waals surface area contributed by atoms with Crippen molar-refractivity contribution in [1.82, 2.24) is 9.97 Å². The van der Waals surface area contributed by atoms with Crippen LogP contribution in [-0.2, 0) is 6.54 Å². The van der Waals surface area contributed by atoms with Gasteiger partial charge in [0.1, 0.15) is 5.82 Å². The first kappa shape index (κ1) is 15.3. The molecule has 1 aliphatic heterocycles. The Morgan fingerprint density at radius 3 is 2.84 bits per heavy atom. The predicted molar refractivity (Wildman–Crippen MR) is 98.3 cm³/mol. The molecule has 0 radical (unpaired) electrons. The molecule has 0 spiro atoms. The summed E-state index contributed by atoms with van der Waals surface area (Å²) in [4.78, 5) is 13.2. The third-order valence-electron chi connectivity index (χ3n) is 4.04. The van der Waals surface area contributed by atoms with Gasteiger partial charge >= 0.3 is 0 Å². The van der Waals surface area contributed by atoms with E-state index in [1.54, 1.807) is 12.1 Å². The number of hydrogen-bond donors (Lipinski definition) is 1. The lowest BCUT2D eigenvalue weighted by Crippen LogP contribution is -1.99. The van der Waals surface area contributed by atoms with Crippen LogP contribution in [0.2, 0.25) is 5.02 Å². The molecule has 2 aromatic carbocycles. The van der Waals surface area contributed by atoms with Crippen LogP contribution in [0.1, 0.15) is 16.7 Å². The molecule has 0 amide bonds. The fourth-order valence-corrected chi connectivity index (χ4v) is 3.15. The second-order valence-electron chi connectivity index (χ2n) is 5.68. The standard InChI is InChI=1S/C19H12ClN5/c20-16-6-13(5-14-8-23-9-15(14)16)18-19(25-17(22)10-24-18)12-3-1-2-11(4-12)7-21/h1-6,8,10H,9H2,(H2,22,25). The van der Waals surface area contributed by atoms with Crippen molar-refractivity contribution in [3.05, 3.63) is 64.3 Å². The van der Waals surface area contributed by atoms with Gasteiger partial charge in [-0.25, -0.2) is 4.98 Å². The largest absolute Gasteiger partial charge is 0.382 e. The van der Waals surface area contributed by atoms with E-state index in [4.69, 9.17) is 22.6 Å². The molecule has 2 N–H and O–H groups in total. The molecule has 3 aromatic rings. The van der Waals surface area contributed by atoms with Crippen molar-refractivity contribution in [2.75, 3.05) is 5.73 Å². The minimum atomic E-state index is 0.315. The summed E-state index contributed by atoms with van der Waals surface area (Å²) in [7, 11) is 0. The highest BCUT2D eigenvalue weighted by Gasteiger charge is 2.17. The van der Waals surface area contributed by atoms with E-state index in [9.17, 15) is 0 Å². The fraction of sp³-hybridized carbons (Fsp3) is 0.0526. The van der Waals surface area contributed by atoms with Gasteiger partial charge in [0.15, 0.2) is 0 Å². The Hall–Kier alpha value is -3.23. The van der Waals surface area contributed by atoms with Gasteiger partial charge in [-0.05, 0) is 29.8 Å². The van der Waals surface area contributed by atoms with E-state index in [0.29, 0.717) is 34.3 Å². The van der Waals surface area contributed by atoms with E-state index in [0.717, 1.165) is 22.3 Å². The third-order valence-corrected chi connectivity index (χ3v) is 4.38. The minimum Gasteiger partial charge on any atom is -0.382 e. The molecule has 0 atom stereocenters. The number of rotatable bonds is 2. The van der Waals surface area contributed by atoms with Gasteiger partial charge in [-0.3, -0.25) is 9.98 Å². The molecular weight excluding hydrogens is 334 g/mol. The number of nitrogens with zero attached hydrogens (tertiary/aromatic N) is 4. The second kappa shape index (κ2) is 6.00. The van der Waals surface area contributed by atoms with Crippen molar-refractivity contribution in [3.8, 4) is 28.6 Å². The van der Waals surface area contributed by atoms with E-state index in [1.807, 2.05) is 30.5 Å². The van der Waals surface area contributed by atoms with Crippen LogP contribution in [0.25, 0.3) is 22.5 Å². The van der Waals surface area contributed by atoms with Crippen LogP contribution in [-0.4, -0.2) is 16.2 Å². The lowest BCUT2D eigenvalue weighted by Gasteiger charge is -2.11. The molecule has 1 aromatic heterocycles. The summed E-state index contributed by atoms with van der Waals surface area (Å²) in [5.74, 6) is 0.315. The number of nitriles is 1. The Labute approximate surface area is 149 Å². The van der Waals surface area contributed by atoms with Crippen LogP contribution in [0.4, 0.5) is 5.82 Å². The van der Waals surface area contributed by atoms with Gasteiger partial charge in [-0.1, -0.05) is 23.7 Å². The maximum Gasteiger partial charge on any atom is 0.142 e. The molecule has 1 aliphatic rings. The zero-order valence-electron chi connectivity index (χ0n) is 13.1. The quantitative estimate of drug-likeness (QED) is 0.764. The highest BCUT2D eigenvalue weighted by Crippen LogP contribution is 2.34. The van der Waals surface area contributed by atoms with Gasteiger partial charge in [-0.15, -0.1) is 0 Å². The lowest BCUT2D eigenvalue weighted by molar-refractivity contribution is 1.11. The number of benzene rings is 2. The molecule has 0 aliphatic carbocycles. The Balaban J connectivity index is 1.93. The van der Waals surface area contributed by atoms with Crippen LogP contribution in [0, 0.1) is 11.3 Å². The van der Waals surface area contributed by atoms with Crippen molar-refractivity contribution in [1.29, 1.82) is 5.26 Å².